The van der Waals surface area contributed by atoms with Crippen molar-refractivity contribution < 1.29 is 26.8 Å². The zero-order chi connectivity index (χ0) is 18.4. The summed E-state index contributed by atoms with van der Waals surface area (Å²) in [5.41, 5.74) is 1.01. The van der Waals surface area contributed by atoms with Crippen LogP contribution >= 0.6 is 0 Å². The predicted octanol–water partition coefficient (Wildman–Crippen LogP) is 2.06. The molecule has 3 aliphatic heterocycles. The van der Waals surface area contributed by atoms with Gasteiger partial charge >= 0.3 is 10.1 Å². The summed E-state index contributed by atoms with van der Waals surface area (Å²) in [6, 6.07) is 9.66. The van der Waals surface area contributed by atoms with Crippen LogP contribution in [-0.2, 0) is 10.1 Å². The van der Waals surface area contributed by atoms with Gasteiger partial charge in [-0.25, -0.2) is 0 Å². The average molecular weight is 389 g/mol. The number of ether oxygens (including phenoxy) is 3. The fraction of sp³-hybridized carbons (Fsp3) is 0.368. The molecule has 3 aliphatic rings. The van der Waals surface area contributed by atoms with Crippen molar-refractivity contribution in [2.75, 3.05) is 26.3 Å². The van der Waals surface area contributed by atoms with E-state index in [1.54, 1.807) is 24.3 Å². The van der Waals surface area contributed by atoms with Crippen LogP contribution in [-0.4, -0.2) is 40.8 Å². The van der Waals surface area contributed by atoms with Crippen LogP contribution in [0.15, 0.2) is 41.3 Å². The first-order valence-electron chi connectivity index (χ1n) is 8.96. The zero-order valence-electron chi connectivity index (χ0n) is 14.5. The first-order valence-corrected chi connectivity index (χ1v) is 10.4. The quantitative estimate of drug-likeness (QED) is 0.805. The minimum absolute atomic E-state index is 0.0308. The lowest BCUT2D eigenvalue weighted by Crippen LogP contribution is -2.39. The lowest BCUT2D eigenvalue weighted by Gasteiger charge is -2.24. The van der Waals surface area contributed by atoms with E-state index in [0.29, 0.717) is 24.7 Å². The Balaban J connectivity index is 1.42. The Morgan fingerprint density at radius 1 is 1.00 bits per heavy atom. The Labute approximate surface area is 157 Å². The van der Waals surface area contributed by atoms with Crippen LogP contribution in [0.4, 0.5) is 0 Å². The molecule has 2 aromatic carbocycles. The van der Waals surface area contributed by atoms with E-state index in [9.17, 15) is 8.42 Å². The Morgan fingerprint density at radius 3 is 2.70 bits per heavy atom. The number of piperidine rings is 1. The molecule has 0 spiro atoms. The van der Waals surface area contributed by atoms with Gasteiger partial charge in [-0.3, -0.25) is 0 Å². The molecule has 0 aliphatic carbocycles. The summed E-state index contributed by atoms with van der Waals surface area (Å²) in [5.74, 6) is 2.30. The molecule has 142 valence electrons. The monoisotopic (exact) mass is 389 g/mol. The SMILES string of the molecule is O=S(=O)(Oc1ccc2c(c1)C1CCNCC1O2)c1ccc2c(c1)OCCO2. The van der Waals surface area contributed by atoms with Gasteiger partial charge in [0.2, 0.25) is 0 Å². The number of hydrogen-bond donors (Lipinski definition) is 1. The van der Waals surface area contributed by atoms with Crippen molar-refractivity contribution in [2.45, 2.75) is 23.3 Å². The minimum Gasteiger partial charge on any atom is -0.488 e. The summed E-state index contributed by atoms with van der Waals surface area (Å²) in [4.78, 5) is 0.0308. The van der Waals surface area contributed by atoms with Gasteiger partial charge in [0.1, 0.15) is 35.7 Å². The first kappa shape index (κ1) is 16.7. The first-order chi connectivity index (χ1) is 13.1. The second-order valence-electron chi connectivity index (χ2n) is 6.80. The van der Waals surface area contributed by atoms with Crippen LogP contribution in [0.1, 0.15) is 17.9 Å². The van der Waals surface area contributed by atoms with E-state index < -0.39 is 10.1 Å². The highest BCUT2D eigenvalue weighted by atomic mass is 32.2. The number of rotatable bonds is 3. The summed E-state index contributed by atoms with van der Waals surface area (Å²) in [7, 11) is -3.98. The summed E-state index contributed by atoms with van der Waals surface area (Å²) in [6.07, 6.45) is 1.05. The van der Waals surface area contributed by atoms with Gasteiger partial charge in [-0.05, 0) is 43.3 Å². The van der Waals surface area contributed by atoms with Crippen molar-refractivity contribution in [1.29, 1.82) is 0 Å². The molecule has 7 nitrogen and oxygen atoms in total. The van der Waals surface area contributed by atoms with E-state index in [-0.39, 0.29) is 22.7 Å². The van der Waals surface area contributed by atoms with Crippen molar-refractivity contribution in [3.63, 3.8) is 0 Å². The van der Waals surface area contributed by atoms with Gasteiger partial charge < -0.3 is 23.7 Å². The smallest absolute Gasteiger partial charge is 0.339 e. The third-order valence-electron chi connectivity index (χ3n) is 5.09. The number of hydrogen-bond acceptors (Lipinski definition) is 7. The maximum absolute atomic E-state index is 12.7. The summed E-state index contributed by atoms with van der Waals surface area (Å²) in [5, 5.41) is 3.32. The zero-order valence-corrected chi connectivity index (χ0v) is 15.3. The highest BCUT2D eigenvalue weighted by Gasteiger charge is 2.36. The third-order valence-corrected chi connectivity index (χ3v) is 6.34. The van der Waals surface area contributed by atoms with Crippen molar-refractivity contribution in [3.05, 3.63) is 42.0 Å². The summed E-state index contributed by atoms with van der Waals surface area (Å²) in [6.45, 7) is 2.56. The Hall–Kier alpha value is -2.45. The van der Waals surface area contributed by atoms with E-state index >= 15 is 0 Å². The van der Waals surface area contributed by atoms with E-state index in [0.717, 1.165) is 30.8 Å². The standard InChI is InChI=1S/C19H19NO6S/c21-27(22,13-2-4-17-18(10-13)24-8-7-23-17)26-12-1-3-16-15(9-12)14-5-6-20-11-19(14)25-16/h1-4,9-10,14,19-20H,5-8,11H2. The maximum Gasteiger partial charge on any atom is 0.339 e. The second kappa shape index (κ2) is 6.31. The molecule has 0 bridgehead atoms. The number of nitrogens with one attached hydrogen (secondary N) is 1. The van der Waals surface area contributed by atoms with Crippen molar-refractivity contribution in [2.24, 2.45) is 0 Å². The fourth-order valence-corrected chi connectivity index (χ4v) is 4.74. The minimum atomic E-state index is -3.98. The Bertz CT molecular complexity index is 990. The van der Waals surface area contributed by atoms with Crippen LogP contribution in [0.25, 0.3) is 0 Å². The van der Waals surface area contributed by atoms with Crippen LogP contribution in [0, 0.1) is 0 Å². The van der Waals surface area contributed by atoms with Gasteiger partial charge in [0.15, 0.2) is 11.5 Å². The molecule has 8 heteroatoms. The molecule has 5 rings (SSSR count). The molecule has 1 fully saturated rings. The molecule has 27 heavy (non-hydrogen) atoms. The van der Waals surface area contributed by atoms with E-state index in [1.165, 1.54) is 12.1 Å². The molecular formula is C19H19NO6S. The van der Waals surface area contributed by atoms with Crippen molar-refractivity contribution in [3.8, 4) is 23.0 Å². The van der Waals surface area contributed by atoms with Crippen molar-refractivity contribution in [1.82, 2.24) is 5.32 Å². The van der Waals surface area contributed by atoms with Gasteiger partial charge in [-0.1, -0.05) is 0 Å². The van der Waals surface area contributed by atoms with Crippen LogP contribution in [0.5, 0.6) is 23.0 Å². The molecule has 3 heterocycles. The molecule has 2 aromatic rings. The highest BCUT2D eigenvalue weighted by molar-refractivity contribution is 7.87. The molecule has 1 N–H and O–H groups in total. The normalized spacial score (nSPS) is 23.1. The van der Waals surface area contributed by atoms with Gasteiger partial charge in [-0.2, -0.15) is 8.42 Å². The topological polar surface area (TPSA) is 83.1 Å². The van der Waals surface area contributed by atoms with Crippen molar-refractivity contribution >= 4 is 10.1 Å². The number of fused-ring (bicyclic) bond motifs is 4. The van der Waals surface area contributed by atoms with Crippen LogP contribution in [0.3, 0.4) is 0 Å². The van der Waals surface area contributed by atoms with E-state index in [4.69, 9.17) is 18.4 Å². The molecule has 2 atom stereocenters. The van der Waals surface area contributed by atoms with Gasteiger partial charge in [0.25, 0.3) is 0 Å². The van der Waals surface area contributed by atoms with Crippen LogP contribution in [0.2, 0.25) is 0 Å². The molecular weight excluding hydrogens is 370 g/mol. The summed E-state index contributed by atoms with van der Waals surface area (Å²) < 4.78 is 47.6. The third kappa shape index (κ3) is 2.98. The fourth-order valence-electron chi connectivity index (χ4n) is 3.80. The summed E-state index contributed by atoms with van der Waals surface area (Å²) >= 11 is 0. The lowest BCUT2D eigenvalue weighted by atomic mass is 9.90. The Morgan fingerprint density at radius 2 is 1.81 bits per heavy atom. The average Bonchev–Trinajstić information content (AvgIpc) is 3.05. The highest BCUT2D eigenvalue weighted by Crippen LogP contribution is 2.43. The second-order valence-corrected chi connectivity index (χ2v) is 8.34. The molecule has 1 saturated heterocycles. The van der Waals surface area contributed by atoms with E-state index in [2.05, 4.69) is 5.32 Å². The molecule has 0 radical (unpaired) electrons. The van der Waals surface area contributed by atoms with E-state index in [1.807, 2.05) is 0 Å². The van der Waals surface area contributed by atoms with Gasteiger partial charge in [-0.15, -0.1) is 0 Å². The largest absolute Gasteiger partial charge is 0.488 e. The maximum atomic E-state index is 12.7. The van der Waals surface area contributed by atoms with Gasteiger partial charge in [0.05, 0.1) is 0 Å². The molecule has 0 saturated carbocycles. The van der Waals surface area contributed by atoms with Crippen LogP contribution < -0.4 is 23.7 Å². The molecule has 2 unspecified atom stereocenters. The number of benzene rings is 2. The molecule has 0 aromatic heterocycles. The lowest BCUT2D eigenvalue weighted by molar-refractivity contribution is 0.171. The predicted molar refractivity (Wildman–Crippen MR) is 96.3 cm³/mol. The van der Waals surface area contributed by atoms with Gasteiger partial charge in [0, 0.05) is 24.1 Å². The Kier molecular flexibility index (Phi) is 3.91. The molecule has 0 amide bonds.